The number of hydrogen-bond donors (Lipinski definition) is 1. The van der Waals surface area contributed by atoms with Crippen molar-refractivity contribution in [2.75, 3.05) is 38.1 Å². The number of nitrogens with zero attached hydrogens (tertiary/aromatic N) is 5. The summed E-state index contributed by atoms with van der Waals surface area (Å²) in [5.41, 5.74) is 0.741. The van der Waals surface area contributed by atoms with Gasteiger partial charge in [-0.3, -0.25) is 9.30 Å². The Morgan fingerprint density at radius 2 is 2.47 bits per heavy atom. The molecule has 1 fully saturated rings. The van der Waals surface area contributed by atoms with Gasteiger partial charge in [-0.05, 0) is 6.54 Å². The average molecular weight is 262 g/mol. The van der Waals surface area contributed by atoms with Gasteiger partial charge in [-0.2, -0.15) is 0 Å². The summed E-state index contributed by atoms with van der Waals surface area (Å²) in [6, 6.07) is 0. The van der Waals surface area contributed by atoms with E-state index in [2.05, 4.69) is 32.3 Å². The fraction of sp³-hybridized carbons (Fsp3) is 0.583. The smallest absolute Gasteiger partial charge is 0.203 e. The number of ether oxygens (including phenoxy) is 1. The summed E-state index contributed by atoms with van der Waals surface area (Å²) in [7, 11) is 0. The van der Waals surface area contributed by atoms with Crippen molar-refractivity contribution >= 4 is 11.5 Å². The third-order valence-electron chi connectivity index (χ3n) is 3.38. The number of morpholine rings is 1. The molecular weight excluding hydrogens is 244 g/mol. The zero-order valence-electron chi connectivity index (χ0n) is 11.0. The molecule has 3 rings (SSSR count). The Morgan fingerprint density at radius 1 is 1.53 bits per heavy atom. The van der Waals surface area contributed by atoms with Crippen LogP contribution in [0.1, 0.15) is 6.92 Å². The molecule has 7 nitrogen and oxygen atoms in total. The Bertz CT molecular complexity index is 542. The second kappa shape index (κ2) is 5.50. The molecule has 2 aromatic heterocycles. The summed E-state index contributed by atoms with van der Waals surface area (Å²) >= 11 is 0. The van der Waals surface area contributed by atoms with Crippen LogP contribution < -0.4 is 5.32 Å². The Morgan fingerprint density at radius 3 is 3.37 bits per heavy atom. The van der Waals surface area contributed by atoms with Crippen LogP contribution in [0.25, 0.3) is 5.65 Å². The molecule has 19 heavy (non-hydrogen) atoms. The minimum absolute atomic E-state index is 0.193. The maximum Gasteiger partial charge on any atom is 0.203 e. The molecule has 1 atom stereocenters. The molecular formula is C12H18N6O. The minimum atomic E-state index is 0.193. The van der Waals surface area contributed by atoms with Crippen molar-refractivity contribution in [1.29, 1.82) is 0 Å². The fourth-order valence-corrected chi connectivity index (χ4v) is 2.28. The molecule has 1 aliphatic rings. The van der Waals surface area contributed by atoms with Crippen LogP contribution in [0.4, 0.5) is 5.82 Å². The van der Waals surface area contributed by atoms with Gasteiger partial charge in [0, 0.05) is 32.0 Å². The Kier molecular flexibility index (Phi) is 3.56. The van der Waals surface area contributed by atoms with Crippen LogP contribution in [0.3, 0.4) is 0 Å². The minimum Gasteiger partial charge on any atom is -0.374 e. The maximum absolute atomic E-state index is 5.75. The van der Waals surface area contributed by atoms with E-state index in [9.17, 15) is 0 Å². The molecule has 1 N–H and O–H groups in total. The third kappa shape index (κ3) is 2.66. The first-order valence-corrected chi connectivity index (χ1v) is 6.59. The van der Waals surface area contributed by atoms with Crippen LogP contribution in [-0.4, -0.2) is 63.4 Å². The second-order valence-electron chi connectivity index (χ2n) is 4.60. The molecule has 0 aliphatic carbocycles. The topological polar surface area (TPSA) is 67.6 Å². The maximum atomic E-state index is 5.75. The molecule has 0 saturated carbocycles. The normalized spacial score (nSPS) is 20.8. The lowest BCUT2D eigenvalue weighted by atomic mass is 10.2. The van der Waals surface area contributed by atoms with E-state index in [0.717, 1.165) is 44.3 Å². The summed E-state index contributed by atoms with van der Waals surface area (Å²) < 4.78 is 7.59. The molecule has 3 heterocycles. The van der Waals surface area contributed by atoms with E-state index in [0.29, 0.717) is 0 Å². The van der Waals surface area contributed by atoms with E-state index >= 15 is 0 Å². The lowest BCUT2D eigenvalue weighted by Gasteiger charge is -2.32. The molecule has 2 aromatic rings. The van der Waals surface area contributed by atoms with Gasteiger partial charge in [0.2, 0.25) is 5.65 Å². The van der Waals surface area contributed by atoms with Crippen molar-refractivity contribution in [1.82, 2.24) is 24.5 Å². The Labute approximate surface area is 111 Å². The summed E-state index contributed by atoms with van der Waals surface area (Å²) in [5, 5.41) is 11.2. The van der Waals surface area contributed by atoms with Gasteiger partial charge in [-0.15, -0.1) is 10.2 Å². The van der Waals surface area contributed by atoms with Gasteiger partial charge < -0.3 is 10.1 Å². The highest BCUT2D eigenvalue weighted by Gasteiger charge is 2.19. The van der Waals surface area contributed by atoms with Crippen LogP contribution in [0.15, 0.2) is 18.7 Å². The van der Waals surface area contributed by atoms with Gasteiger partial charge in [0.1, 0.15) is 6.33 Å². The van der Waals surface area contributed by atoms with Crippen LogP contribution in [-0.2, 0) is 4.74 Å². The molecule has 0 amide bonds. The van der Waals surface area contributed by atoms with Crippen molar-refractivity contribution < 1.29 is 4.74 Å². The van der Waals surface area contributed by atoms with Gasteiger partial charge in [-0.25, -0.2) is 4.98 Å². The first kappa shape index (κ1) is 12.3. The molecule has 1 saturated heterocycles. The summed E-state index contributed by atoms with van der Waals surface area (Å²) in [4.78, 5) is 6.69. The first-order chi connectivity index (χ1) is 9.36. The summed E-state index contributed by atoms with van der Waals surface area (Å²) in [6.45, 7) is 6.75. The number of aromatic nitrogens is 4. The standard InChI is InChI=1S/C12H18N6O/c1-2-17-5-6-19-10(8-17)7-14-11-12-16-15-9-18(12)4-3-13-11/h3-4,9-10H,2,5-8H2,1H3,(H,13,14). The van der Waals surface area contributed by atoms with Crippen molar-refractivity contribution in [3.05, 3.63) is 18.7 Å². The SMILES string of the molecule is CCN1CCOC(CNc2nccn3cnnc23)C1. The second-order valence-corrected chi connectivity index (χ2v) is 4.60. The largest absolute Gasteiger partial charge is 0.374 e. The van der Waals surface area contributed by atoms with Gasteiger partial charge >= 0.3 is 0 Å². The van der Waals surface area contributed by atoms with Crippen molar-refractivity contribution in [3.8, 4) is 0 Å². The lowest BCUT2D eigenvalue weighted by Crippen LogP contribution is -2.45. The van der Waals surface area contributed by atoms with Gasteiger partial charge in [0.15, 0.2) is 5.82 Å². The molecule has 0 radical (unpaired) electrons. The number of nitrogens with one attached hydrogen (secondary N) is 1. The summed E-state index contributed by atoms with van der Waals surface area (Å²) in [5.74, 6) is 0.747. The number of hydrogen-bond acceptors (Lipinski definition) is 6. The average Bonchev–Trinajstić information content (AvgIpc) is 2.94. The van der Waals surface area contributed by atoms with E-state index in [1.807, 2.05) is 10.6 Å². The molecule has 0 bridgehead atoms. The monoisotopic (exact) mass is 262 g/mol. The van der Waals surface area contributed by atoms with Crippen molar-refractivity contribution in [2.24, 2.45) is 0 Å². The number of anilines is 1. The van der Waals surface area contributed by atoms with Crippen LogP contribution >= 0.6 is 0 Å². The summed E-state index contributed by atoms with van der Waals surface area (Å²) in [6.07, 6.45) is 5.42. The molecule has 102 valence electrons. The number of rotatable bonds is 4. The van der Waals surface area contributed by atoms with Gasteiger partial charge in [-0.1, -0.05) is 6.92 Å². The van der Waals surface area contributed by atoms with E-state index in [1.165, 1.54) is 0 Å². The third-order valence-corrected chi connectivity index (χ3v) is 3.38. The van der Waals surface area contributed by atoms with Gasteiger partial charge in [0.25, 0.3) is 0 Å². The van der Waals surface area contributed by atoms with Gasteiger partial charge in [0.05, 0.1) is 12.7 Å². The highest BCUT2D eigenvalue weighted by molar-refractivity contribution is 5.61. The highest BCUT2D eigenvalue weighted by Crippen LogP contribution is 2.11. The van der Waals surface area contributed by atoms with Crippen molar-refractivity contribution in [3.63, 3.8) is 0 Å². The molecule has 1 unspecified atom stereocenters. The van der Waals surface area contributed by atoms with E-state index in [-0.39, 0.29) is 6.10 Å². The lowest BCUT2D eigenvalue weighted by molar-refractivity contribution is -0.0192. The van der Waals surface area contributed by atoms with E-state index in [4.69, 9.17) is 4.74 Å². The molecule has 7 heteroatoms. The van der Waals surface area contributed by atoms with Crippen molar-refractivity contribution in [2.45, 2.75) is 13.0 Å². The predicted molar refractivity (Wildman–Crippen MR) is 71.1 cm³/mol. The zero-order chi connectivity index (χ0) is 13.1. The molecule has 1 aliphatic heterocycles. The van der Waals surface area contributed by atoms with E-state index in [1.54, 1.807) is 12.5 Å². The fourth-order valence-electron chi connectivity index (χ4n) is 2.28. The Balaban J connectivity index is 1.64. The first-order valence-electron chi connectivity index (χ1n) is 6.59. The molecule has 0 spiro atoms. The Hall–Kier alpha value is -1.73. The number of likely N-dealkylation sites (N-methyl/N-ethyl adjacent to an activating group) is 1. The quantitative estimate of drug-likeness (QED) is 0.852. The van der Waals surface area contributed by atoms with Crippen LogP contribution in [0.5, 0.6) is 0 Å². The zero-order valence-corrected chi connectivity index (χ0v) is 11.0. The molecule has 0 aromatic carbocycles. The van der Waals surface area contributed by atoms with Crippen LogP contribution in [0, 0.1) is 0 Å². The predicted octanol–water partition coefficient (Wildman–Crippen LogP) is 0.257. The van der Waals surface area contributed by atoms with E-state index < -0.39 is 0 Å². The van der Waals surface area contributed by atoms with Crippen LogP contribution in [0.2, 0.25) is 0 Å². The highest BCUT2D eigenvalue weighted by atomic mass is 16.5. The number of fused-ring (bicyclic) bond motifs is 1.